The van der Waals surface area contributed by atoms with E-state index in [2.05, 4.69) is 30.1 Å². The average molecular weight is 263 g/mol. The molecule has 19 heavy (non-hydrogen) atoms. The molecular formula is C15H25N3O. The molecule has 106 valence electrons. The second kappa shape index (κ2) is 5.92. The van der Waals surface area contributed by atoms with Gasteiger partial charge >= 0.3 is 0 Å². The number of carbonyl (C=O) groups excluding carboxylic acids is 1. The molecule has 1 atom stereocenters. The van der Waals surface area contributed by atoms with E-state index in [1.165, 1.54) is 32.1 Å². The summed E-state index contributed by atoms with van der Waals surface area (Å²) in [5.74, 6) is 0.0395. The predicted octanol–water partition coefficient (Wildman–Crippen LogP) is 2.06. The molecule has 1 amide bonds. The molecule has 2 aliphatic rings. The van der Waals surface area contributed by atoms with Gasteiger partial charge in [-0.2, -0.15) is 5.26 Å². The summed E-state index contributed by atoms with van der Waals surface area (Å²) in [7, 11) is 0. The van der Waals surface area contributed by atoms with E-state index in [1.54, 1.807) is 0 Å². The van der Waals surface area contributed by atoms with E-state index in [4.69, 9.17) is 5.26 Å². The summed E-state index contributed by atoms with van der Waals surface area (Å²) < 4.78 is 0. The van der Waals surface area contributed by atoms with Gasteiger partial charge in [0, 0.05) is 19.1 Å². The van der Waals surface area contributed by atoms with E-state index in [1.807, 2.05) is 0 Å². The van der Waals surface area contributed by atoms with Gasteiger partial charge in [-0.1, -0.05) is 33.1 Å². The molecule has 0 spiro atoms. The molecule has 0 radical (unpaired) electrons. The molecule has 4 nitrogen and oxygen atoms in total. The second-order valence-electron chi connectivity index (χ2n) is 6.72. The fraction of sp³-hybridized carbons (Fsp3) is 0.867. The van der Waals surface area contributed by atoms with Crippen LogP contribution in [0.3, 0.4) is 0 Å². The van der Waals surface area contributed by atoms with Crippen LogP contribution in [-0.2, 0) is 4.79 Å². The number of nitriles is 1. The zero-order chi connectivity index (χ0) is 13.9. The minimum Gasteiger partial charge on any atom is -0.354 e. The van der Waals surface area contributed by atoms with E-state index in [0.717, 1.165) is 6.54 Å². The maximum atomic E-state index is 12.2. The van der Waals surface area contributed by atoms with Crippen molar-refractivity contribution in [3.8, 4) is 6.07 Å². The van der Waals surface area contributed by atoms with Gasteiger partial charge in [0.15, 0.2) is 0 Å². The van der Waals surface area contributed by atoms with Crippen molar-refractivity contribution < 1.29 is 4.79 Å². The van der Waals surface area contributed by atoms with Crippen LogP contribution < -0.4 is 5.32 Å². The van der Waals surface area contributed by atoms with Crippen LogP contribution in [0.1, 0.15) is 52.4 Å². The van der Waals surface area contributed by atoms with Crippen molar-refractivity contribution >= 4 is 5.91 Å². The highest BCUT2D eigenvalue weighted by molar-refractivity contribution is 5.82. The summed E-state index contributed by atoms with van der Waals surface area (Å²) >= 11 is 0. The number of nitrogens with zero attached hydrogens (tertiary/aromatic N) is 2. The molecule has 1 unspecified atom stereocenters. The fourth-order valence-corrected chi connectivity index (χ4v) is 3.35. The molecule has 0 aromatic carbocycles. The third-order valence-corrected chi connectivity index (χ3v) is 4.38. The van der Waals surface area contributed by atoms with Crippen molar-refractivity contribution in [2.45, 2.75) is 64.5 Å². The van der Waals surface area contributed by atoms with Crippen LogP contribution in [0.15, 0.2) is 0 Å². The maximum absolute atomic E-state index is 12.2. The van der Waals surface area contributed by atoms with E-state index in [9.17, 15) is 4.79 Å². The van der Waals surface area contributed by atoms with Crippen LogP contribution in [0.5, 0.6) is 0 Å². The van der Waals surface area contributed by atoms with Gasteiger partial charge in [-0.05, 0) is 18.3 Å². The molecule has 1 heterocycles. The molecule has 1 aliphatic heterocycles. The van der Waals surface area contributed by atoms with Gasteiger partial charge in [0.1, 0.15) is 6.04 Å². The molecule has 2 rings (SSSR count). The van der Waals surface area contributed by atoms with Gasteiger partial charge < -0.3 is 5.32 Å². The lowest BCUT2D eigenvalue weighted by Crippen LogP contribution is -2.50. The Labute approximate surface area is 116 Å². The first-order chi connectivity index (χ1) is 9.03. The lowest BCUT2D eigenvalue weighted by Gasteiger charge is -2.40. The van der Waals surface area contributed by atoms with Gasteiger partial charge in [-0.15, -0.1) is 0 Å². The smallest absolute Gasteiger partial charge is 0.238 e. The van der Waals surface area contributed by atoms with Gasteiger partial charge in [-0.25, -0.2) is 0 Å². The monoisotopic (exact) mass is 263 g/mol. The first-order valence-corrected chi connectivity index (χ1v) is 7.44. The average Bonchev–Trinajstić information content (AvgIpc) is 2.51. The Balaban J connectivity index is 2.20. The second-order valence-corrected chi connectivity index (χ2v) is 6.72. The molecule has 1 N–H and O–H groups in total. The van der Waals surface area contributed by atoms with Crippen LogP contribution in [-0.4, -0.2) is 36.0 Å². The third kappa shape index (κ3) is 3.48. The van der Waals surface area contributed by atoms with Crippen LogP contribution in [0, 0.1) is 16.7 Å². The van der Waals surface area contributed by atoms with Crippen molar-refractivity contribution in [2.24, 2.45) is 5.41 Å². The summed E-state index contributed by atoms with van der Waals surface area (Å²) in [4.78, 5) is 14.6. The van der Waals surface area contributed by atoms with Crippen molar-refractivity contribution in [3.63, 3.8) is 0 Å². The zero-order valence-corrected chi connectivity index (χ0v) is 12.1. The van der Waals surface area contributed by atoms with E-state index in [-0.39, 0.29) is 17.4 Å². The standard InChI is InChI=1S/C15H25N3O/c1-15(2)10-17-14(19)13(8-9-16)18(11-15)12-6-4-3-5-7-12/h12-13H,3-8,10-11H2,1-2H3,(H,17,19). The number of hydrogen-bond acceptors (Lipinski definition) is 3. The Bertz CT molecular complexity index is 366. The summed E-state index contributed by atoms with van der Waals surface area (Å²) in [6, 6.07) is 2.42. The zero-order valence-electron chi connectivity index (χ0n) is 12.1. The molecule has 4 heteroatoms. The molecule has 1 saturated carbocycles. The van der Waals surface area contributed by atoms with Gasteiger partial charge in [0.2, 0.25) is 5.91 Å². The lowest BCUT2D eigenvalue weighted by molar-refractivity contribution is -0.126. The molecule has 1 aliphatic carbocycles. The number of carbonyl (C=O) groups is 1. The van der Waals surface area contributed by atoms with Crippen LogP contribution >= 0.6 is 0 Å². The van der Waals surface area contributed by atoms with Gasteiger partial charge in [-0.3, -0.25) is 9.69 Å². The van der Waals surface area contributed by atoms with Gasteiger partial charge in [0.05, 0.1) is 12.5 Å². The molecule has 0 aromatic rings. The van der Waals surface area contributed by atoms with Crippen LogP contribution in [0.4, 0.5) is 0 Å². The summed E-state index contributed by atoms with van der Waals surface area (Å²) in [5, 5.41) is 12.0. The largest absolute Gasteiger partial charge is 0.354 e. The number of amides is 1. The summed E-state index contributed by atoms with van der Waals surface area (Å²) in [6.45, 7) is 6.00. The Kier molecular flexibility index (Phi) is 4.46. The Morgan fingerprint density at radius 3 is 2.68 bits per heavy atom. The van der Waals surface area contributed by atoms with Crippen molar-refractivity contribution in [1.29, 1.82) is 5.26 Å². The highest BCUT2D eigenvalue weighted by atomic mass is 16.2. The fourth-order valence-electron chi connectivity index (χ4n) is 3.35. The van der Waals surface area contributed by atoms with Crippen LogP contribution in [0.25, 0.3) is 0 Å². The SMILES string of the molecule is CC1(C)CNC(=O)C(CC#N)N(C2CCCCC2)C1. The van der Waals surface area contributed by atoms with Gasteiger partial charge in [0.25, 0.3) is 0 Å². The van der Waals surface area contributed by atoms with Crippen molar-refractivity contribution in [1.82, 2.24) is 10.2 Å². The molecule has 0 bridgehead atoms. The van der Waals surface area contributed by atoms with Crippen molar-refractivity contribution in [2.75, 3.05) is 13.1 Å². The maximum Gasteiger partial charge on any atom is 0.238 e. The van der Waals surface area contributed by atoms with E-state index in [0.29, 0.717) is 19.0 Å². The first-order valence-electron chi connectivity index (χ1n) is 7.44. The lowest BCUT2D eigenvalue weighted by atomic mass is 9.88. The van der Waals surface area contributed by atoms with Crippen LogP contribution in [0.2, 0.25) is 0 Å². The molecular weight excluding hydrogens is 238 g/mol. The molecule has 1 saturated heterocycles. The molecule has 0 aromatic heterocycles. The Morgan fingerprint density at radius 1 is 1.37 bits per heavy atom. The highest BCUT2D eigenvalue weighted by Gasteiger charge is 2.38. The highest BCUT2D eigenvalue weighted by Crippen LogP contribution is 2.30. The van der Waals surface area contributed by atoms with E-state index >= 15 is 0 Å². The number of nitrogens with one attached hydrogen (secondary N) is 1. The van der Waals surface area contributed by atoms with E-state index < -0.39 is 0 Å². The molecule has 2 fully saturated rings. The summed E-state index contributed by atoms with van der Waals surface area (Å²) in [6.07, 6.45) is 6.46. The summed E-state index contributed by atoms with van der Waals surface area (Å²) in [5.41, 5.74) is 0.0807. The minimum atomic E-state index is -0.255. The number of rotatable bonds is 2. The topological polar surface area (TPSA) is 56.1 Å². The predicted molar refractivity (Wildman–Crippen MR) is 74.4 cm³/mol. The van der Waals surface area contributed by atoms with Crippen molar-refractivity contribution in [3.05, 3.63) is 0 Å². The number of hydrogen-bond donors (Lipinski definition) is 1. The Morgan fingerprint density at radius 2 is 2.05 bits per heavy atom. The first kappa shape index (κ1) is 14.3. The Hall–Kier alpha value is -1.08. The minimum absolute atomic E-state index is 0.0395. The normalized spacial score (nSPS) is 29.3. The quantitative estimate of drug-likeness (QED) is 0.829. The third-order valence-electron chi connectivity index (χ3n) is 4.38.